The lowest BCUT2D eigenvalue weighted by molar-refractivity contribution is -0.137. The van der Waals surface area contributed by atoms with E-state index in [0.29, 0.717) is 18.2 Å². The molecule has 4 rings (SSSR count). The van der Waals surface area contributed by atoms with Gasteiger partial charge in [0.1, 0.15) is 6.61 Å². The zero-order valence-corrected chi connectivity index (χ0v) is 18.1. The number of rotatable bonds is 5. The van der Waals surface area contributed by atoms with Crippen LogP contribution in [0.1, 0.15) is 16.7 Å². The Morgan fingerprint density at radius 3 is 2.32 bits per heavy atom. The first-order valence-corrected chi connectivity index (χ1v) is 10.3. The molecule has 0 unspecified atom stereocenters. The summed E-state index contributed by atoms with van der Waals surface area (Å²) in [5, 5.41) is 4.53. The van der Waals surface area contributed by atoms with Gasteiger partial charge in [-0.1, -0.05) is 60.2 Å². The third kappa shape index (κ3) is 4.82. The third-order valence-electron chi connectivity index (χ3n) is 4.78. The van der Waals surface area contributed by atoms with Gasteiger partial charge in [-0.25, -0.2) is 4.68 Å². The summed E-state index contributed by atoms with van der Waals surface area (Å²) in [5.74, 6) is 0.402. The largest absolute Gasteiger partial charge is 0.471 e. The Labute approximate surface area is 186 Å². The fraction of sp³-hybridized carbons (Fsp3) is 0.125. The third-order valence-corrected chi connectivity index (χ3v) is 5.42. The first-order chi connectivity index (χ1) is 14.8. The van der Waals surface area contributed by atoms with Crippen molar-refractivity contribution in [3.63, 3.8) is 0 Å². The maximum atomic E-state index is 13.0. The zero-order chi connectivity index (χ0) is 22.0. The second kappa shape index (κ2) is 8.59. The molecule has 0 aliphatic rings. The first kappa shape index (κ1) is 21.2. The van der Waals surface area contributed by atoms with Gasteiger partial charge < -0.3 is 4.74 Å². The summed E-state index contributed by atoms with van der Waals surface area (Å²) in [6, 6.07) is 21.1. The molecule has 3 nitrogen and oxygen atoms in total. The number of ether oxygens (including phenoxy) is 1. The average Bonchev–Trinajstić information content (AvgIpc) is 3.17. The van der Waals surface area contributed by atoms with E-state index < -0.39 is 11.7 Å². The van der Waals surface area contributed by atoms with Crippen LogP contribution in [0.25, 0.3) is 16.8 Å². The highest BCUT2D eigenvalue weighted by molar-refractivity contribution is 9.10. The molecule has 0 aliphatic carbocycles. The Balaban J connectivity index is 1.73. The van der Waals surface area contributed by atoms with Crippen molar-refractivity contribution in [3.05, 3.63) is 100 Å². The van der Waals surface area contributed by atoms with Crippen LogP contribution in [0, 0.1) is 6.92 Å². The molecule has 0 saturated heterocycles. The van der Waals surface area contributed by atoms with Crippen LogP contribution in [0.3, 0.4) is 0 Å². The van der Waals surface area contributed by atoms with E-state index in [1.54, 1.807) is 6.20 Å². The fourth-order valence-electron chi connectivity index (χ4n) is 3.11. The minimum Gasteiger partial charge on any atom is -0.471 e. The highest BCUT2D eigenvalue weighted by atomic mass is 79.9. The standard InChI is InChI=1S/C24H18BrF3N2O/c1-16-7-9-18(10-8-16)20-14-30(22-12-11-19(13-21(22)25)24(26,27)28)29-23(20)31-15-17-5-3-2-4-6-17/h2-14H,15H2,1H3. The van der Waals surface area contributed by atoms with E-state index in [2.05, 4.69) is 21.0 Å². The molecule has 7 heteroatoms. The van der Waals surface area contributed by atoms with Crippen molar-refractivity contribution in [1.29, 1.82) is 0 Å². The molecule has 0 amide bonds. The van der Waals surface area contributed by atoms with Crippen molar-refractivity contribution in [2.45, 2.75) is 19.7 Å². The Kier molecular flexibility index (Phi) is 5.87. The number of nitrogens with zero attached hydrogens (tertiary/aromatic N) is 2. The number of hydrogen-bond donors (Lipinski definition) is 0. The Hall–Kier alpha value is -3.06. The molecule has 0 radical (unpaired) electrons. The van der Waals surface area contributed by atoms with Crippen molar-refractivity contribution < 1.29 is 17.9 Å². The van der Waals surface area contributed by atoms with Crippen LogP contribution < -0.4 is 4.74 Å². The summed E-state index contributed by atoms with van der Waals surface area (Å²) in [5.41, 5.74) is 3.52. The normalized spacial score (nSPS) is 11.5. The molecule has 1 aromatic heterocycles. The van der Waals surface area contributed by atoms with Crippen LogP contribution in [-0.4, -0.2) is 9.78 Å². The molecule has 158 valence electrons. The van der Waals surface area contributed by atoms with Crippen LogP contribution in [0.4, 0.5) is 13.2 Å². The van der Waals surface area contributed by atoms with E-state index in [9.17, 15) is 13.2 Å². The SMILES string of the molecule is Cc1ccc(-c2cn(-c3ccc(C(F)(F)F)cc3Br)nc2OCc2ccccc2)cc1. The Morgan fingerprint density at radius 2 is 1.68 bits per heavy atom. The van der Waals surface area contributed by atoms with Crippen molar-refractivity contribution in [3.8, 4) is 22.7 Å². The summed E-state index contributed by atoms with van der Waals surface area (Å²) in [4.78, 5) is 0. The van der Waals surface area contributed by atoms with Gasteiger partial charge in [-0.2, -0.15) is 13.2 Å². The maximum Gasteiger partial charge on any atom is 0.416 e. The minimum atomic E-state index is -4.41. The Morgan fingerprint density at radius 1 is 0.968 bits per heavy atom. The van der Waals surface area contributed by atoms with E-state index in [-0.39, 0.29) is 4.47 Å². The molecule has 0 N–H and O–H groups in total. The fourth-order valence-corrected chi connectivity index (χ4v) is 3.67. The lowest BCUT2D eigenvalue weighted by Crippen LogP contribution is -2.06. The summed E-state index contributed by atoms with van der Waals surface area (Å²) in [6.45, 7) is 2.32. The highest BCUT2D eigenvalue weighted by Gasteiger charge is 2.31. The second-order valence-electron chi connectivity index (χ2n) is 7.10. The van der Waals surface area contributed by atoms with Crippen molar-refractivity contribution in [1.82, 2.24) is 9.78 Å². The van der Waals surface area contributed by atoms with Crippen molar-refractivity contribution >= 4 is 15.9 Å². The predicted octanol–water partition coefficient (Wildman–Crippen LogP) is 7.21. The average molecular weight is 487 g/mol. The molecular weight excluding hydrogens is 469 g/mol. The molecule has 0 spiro atoms. The van der Waals surface area contributed by atoms with Crippen LogP contribution in [0.5, 0.6) is 5.88 Å². The van der Waals surface area contributed by atoms with Crippen LogP contribution in [0.15, 0.2) is 83.5 Å². The first-order valence-electron chi connectivity index (χ1n) is 9.52. The lowest BCUT2D eigenvalue weighted by atomic mass is 10.1. The van der Waals surface area contributed by atoms with Gasteiger partial charge in [-0.15, -0.1) is 5.10 Å². The molecule has 0 saturated carbocycles. The van der Waals surface area contributed by atoms with Gasteiger partial charge in [0, 0.05) is 10.7 Å². The second-order valence-corrected chi connectivity index (χ2v) is 7.95. The van der Waals surface area contributed by atoms with Crippen LogP contribution in [0.2, 0.25) is 0 Å². The smallest absolute Gasteiger partial charge is 0.416 e. The topological polar surface area (TPSA) is 27.1 Å². The number of aromatic nitrogens is 2. The predicted molar refractivity (Wildman–Crippen MR) is 117 cm³/mol. The Bertz CT molecular complexity index is 1190. The summed E-state index contributed by atoms with van der Waals surface area (Å²) in [6.07, 6.45) is -2.65. The van der Waals surface area contributed by atoms with E-state index >= 15 is 0 Å². The molecule has 0 atom stereocenters. The summed E-state index contributed by atoms with van der Waals surface area (Å²) in [7, 11) is 0. The number of hydrogen-bond acceptors (Lipinski definition) is 2. The zero-order valence-electron chi connectivity index (χ0n) is 16.5. The quantitative estimate of drug-likeness (QED) is 0.298. The lowest BCUT2D eigenvalue weighted by Gasteiger charge is -2.10. The molecule has 1 heterocycles. The molecule has 4 aromatic rings. The van der Waals surface area contributed by atoms with E-state index in [0.717, 1.165) is 34.4 Å². The van der Waals surface area contributed by atoms with E-state index in [4.69, 9.17) is 4.74 Å². The van der Waals surface area contributed by atoms with Gasteiger partial charge in [0.2, 0.25) is 5.88 Å². The van der Waals surface area contributed by atoms with Crippen LogP contribution in [-0.2, 0) is 12.8 Å². The molecular formula is C24H18BrF3N2O. The van der Waals surface area contributed by atoms with Gasteiger partial charge in [-0.3, -0.25) is 0 Å². The molecule has 0 bridgehead atoms. The van der Waals surface area contributed by atoms with Crippen LogP contribution >= 0.6 is 15.9 Å². The minimum absolute atomic E-state index is 0.287. The number of halogens is 4. The summed E-state index contributed by atoms with van der Waals surface area (Å²) < 4.78 is 46.9. The van der Waals surface area contributed by atoms with Gasteiger partial charge in [0.25, 0.3) is 0 Å². The van der Waals surface area contributed by atoms with E-state index in [1.165, 1.54) is 10.7 Å². The van der Waals surface area contributed by atoms with Crippen molar-refractivity contribution in [2.24, 2.45) is 0 Å². The highest BCUT2D eigenvalue weighted by Crippen LogP contribution is 2.35. The number of alkyl halides is 3. The molecule has 0 aliphatic heterocycles. The maximum absolute atomic E-state index is 13.0. The molecule has 31 heavy (non-hydrogen) atoms. The summed E-state index contributed by atoms with van der Waals surface area (Å²) >= 11 is 3.25. The van der Waals surface area contributed by atoms with E-state index in [1.807, 2.05) is 61.5 Å². The van der Waals surface area contributed by atoms with Gasteiger partial charge >= 0.3 is 6.18 Å². The number of aryl methyl sites for hydroxylation is 1. The van der Waals surface area contributed by atoms with Gasteiger partial charge in [0.15, 0.2) is 0 Å². The van der Waals surface area contributed by atoms with Gasteiger partial charge in [0.05, 0.1) is 16.8 Å². The molecule has 0 fully saturated rings. The molecule has 3 aromatic carbocycles. The van der Waals surface area contributed by atoms with Crippen molar-refractivity contribution in [2.75, 3.05) is 0 Å². The monoisotopic (exact) mass is 486 g/mol. The van der Waals surface area contributed by atoms with Gasteiger partial charge in [-0.05, 0) is 52.2 Å². The number of benzene rings is 3.